The van der Waals surface area contributed by atoms with Crippen molar-refractivity contribution in [3.63, 3.8) is 0 Å². The number of hydrogen-bond acceptors (Lipinski definition) is 1. The largest absolute Gasteiger partial charge is 0.311 e. The van der Waals surface area contributed by atoms with Gasteiger partial charge in [-0.1, -0.05) is 26.8 Å². The molecule has 0 aromatic carbocycles. The smallest absolute Gasteiger partial charge is 0.0247 e. The molecule has 0 aromatic heterocycles. The summed E-state index contributed by atoms with van der Waals surface area (Å²) in [5.74, 6) is 0.802. The fourth-order valence-corrected chi connectivity index (χ4v) is 1.08. The van der Waals surface area contributed by atoms with E-state index < -0.39 is 0 Å². The highest BCUT2D eigenvalue weighted by atomic mass is 14.9. The van der Waals surface area contributed by atoms with Crippen LogP contribution in [0.25, 0.3) is 0 Å². The lowest BCUT2D eigenvalue weighted by Crippen LogP contribution is -2.26. The van der Waals surface area contributed by atoms with E-state index in [4.69, 9.17) is 0 Å². The predicted molar refractivity (Wildman–Crippen MR) is 51.7 cm³/mol. The van der Waals surface area contributed by atoms with Gasteiger partial charge in [0.15, 0.2) is 0 Å². The first-order valence-electron chi connectivity index (χ1n) is 4.56. The van der Waals surface area contributed by atoms with Crippen LogP contribution in [0.3, 0.4) is 0 Å². The lowest BCUT2D eigenvalue weighted by molar-refractivity contribution is 0.486. The van der Waals surface area contributed by atoms with Crippen LogP contribution >= 0.6 is 0 Å². The molecule has 11 heavy (non-hydrogen) atoms. The highest BCUT2D eigenvalue weighted by molar-refractivity contribution is 4.84. The summed E-state index contributed by atoms with van der Waals surface area (Å²) in [7, 11) is 0. The molecule has 1 unspecified atom stereocenters. The van der Waals surface area contributed by atoms with Gasteiger partial charge in [0.1, 0.15) is 0 Å². The summed E-state index contributed by atoms with van der Waals surface area (Å²) in [6.07, 6.45) is 4.50. The molecule has 0 bridgehead atoms. The number of likely N-dealkylation sites (N-methyl/N-ethyl adjacent to an activating group) is 1. The van der Waals surface area contributed by atoms with Crippen LogP contribution in [0.2, 0.25) is 0 Å². The second-order valence-corrected chi connectivity index (χ2v) is 3.37. The van der Waals surface area contributed by atoms with Gasteiger partial charge in [-0.25, -0.2) is 0 Å². The summed E-state index contributed by atoms with van der Waals surface area (Å²) in [6.45, 7) is 11.5. The quantitative estimate of drug-likeness (QED) is 0.581. The lowest BCUT2D eigenvalue weighted by Gasteiger charge is -2.13. The number of rotatable bonds is 6. The van der Waals surface area contributed by atoms with Crippen molar-refractivity contribution in [3.8, 4) is 0 Å². The summed E-state index contributed by atoms with van der Waals surface area (Å²) in [5, 5.41) is 3.37. The van der Waals surface area contributed by atoms with Gasteiger partial charge >= 0.3 is 0 Å². The van der Waals surface area contributed by atoms with Crippen molar-refractivity contribution in [2.45, 2.75) is 39.7 Å². The Morgan fingerprint density at radius 1 is 1.36 bits per heavy atom. The minimum Gasteiger partial charge on any atom is -0.311 e. The Bertz CT molecular complexity index is 97.0. The first-order chi connectivity index (χ1) is 5.20. The number of hydrogen-bond donors (Lipinski definition) is 1. The second kappa shape index (κ2) is 6.41. The third-order valence-corrected chi connectivity index (χ3v) is 1.81. The van der Waals surface area contributed by atoms with Gasteiger partial charge in [0.2, 0.25) is 0 Å². The molecule has 0 saturated heterocycles. The molecule has 0 aliphatic carbocycles. The summed E-state index contributed by atoms with van der Waals surface area (Å²) in [6, 6.07) is 0.516. The molecular weight excluding hydrogens is 134 g/mol. The van der Waals surface area contributed by atoms with Gasteiger partial charge in [-0.2, -0.15) is 0 Å². The van der Waals surface area contributed by atoms with Gasteiger partial charge in [-0.3, -0.25) is 0 Å². The van der Waals surface area contributed by atoms with Crippen molar-refractivity contribution in [2.24, 2.45) is 5.92 Å². The second-order valence-electron chi connectivity index (χ2n) is 3.37. The minimum atomic E-state index is 0.516. The van der Waals surface area contributed by atoms with Crippen molar-refractivity contribution in [1.29, 1.82) is 0 Å². The molecular formula is C10H21N. The van der Waals surface area contributed by atoms with E-state index in [1.807, 2.05) is 6.08 Å². The van der Waals surface area contributed by atoms with E-state index in [0.29, 0.717) is 6.04 Å². The summed E-state index contributed by atoms with van der Waals surface area (Å²) in [5.41, 5.74) is 0. The average Bonchev–Trinajstić information content (AvgIpc) is 1.97. The van der Waals surface area contributed by atoms with Crippen molar-refractivity contribution in [3.05, 3.63) is 12.7 Å². The van der Waals surface area contributed by atoms with Gasteiger partial charge in [-0.05, 0) is 25.3 Å². The molecule has 0 aliphatic rings. The van der Waals surface area contributed by atoms with E-state index in [0.717, 1.165) is 12.5 Å². The molecule has 0 amide bonds. The lowest BCUT2D eigenvalue weighted by atomic mass is 10.0. The molecule has 0 aromatic rings. The SMILES string of the molecule is C=CC(CCC(C)C)NCC. The molecule has 66 valence electrons. The molecule has 0 rings (SSSR count). The first kappa shape index (κ1) is 10.7. The third kappa shape index (κ3) is 6.11. The zero-order valence-electron chi connectivity index (χ0n) is 8.06. The molecule has 0 fully saturated rings. The highest BCUT2D eigenvalue weighted by Gasteiger charge is 2.02. The van der Waals surface area contributed by atoms with Crippen LogP contribution < -0.4 is 5.32 Å². The van der Waals surface area contributed by atoms with Gasteiger partial charge in [0.05, 0.1) is 0 Å². The topological polar surface area (TPSA) is 12.0 Å². The van der Waals surface area contributed by atoms with Crippen molar-refractivity contribution < 1.29 is 0 Å². The zero-order valence-corrected chi connectivity index (χ0v) is 8.06. The van der Waals surface area contributed by atoms with E-state index in [9.17, 15) is 0 Å². The van der Waals surface area contributed by atoms with Crippen LogP contribution in [-0.4, -0.2) is 12.6 Å². The summed E-state index contributed by atoms with van der Waals surface area (Å²) < 4.78 is 0. The van der Waals surface area contributed by atoms with E-state index in [1.165, 1.54) is 12.8 Å². The Kier molecular flexibility index (Phi) is 6.24. The van der Waals surface area contributed by atoms with Gasteiger partial charge < -0.3 is 5.32 Å². The van der Waals surface area contributed by atoms with E-state index in [1.54, 1.807) is 0 Å². The first-order valence-corrected chi connectivity index (χ1v) is 4.56. The fraction of sp³-hybridized carbons (Fsp3) is 0.800. The summed E-state index contributed by atoms with van der Waals surface area (Å²) in [4.78, 5) is 0. The van der Waals surface area contributed by atoms with Crippen LogP contribution in [0.15, 0.2) is 12.7 Å². The molecule has 0 radical (unpaired) electrons. The normalized spacial score (nSPS) is 13.5. The number of nitrogens with one attached hydrogen (secondary N) is 1. The Labute approximate surface area is 70.9 Å². The molecule has 0 aliphatic heterocycles. The van der Waals surface area contributed by atoms with Crippen LogP contribution in [0.1, 0.15) is 33.6 Å². The molecule has 1 heteroatoms. The van der Waals surface area contributed by atoms with Crippen LogP contribution in [0, 0.1) is 5.92 Å². The fourth-order valence-electron chi connectivity index (χ4n) is 1.08. The maximum absolute atomic E-state index is 3.80. The van der Waals surface area contributed by atoms with Crippen LogP contribution in [0.4, 0.5) is 0 Å². The van der Waals surface area contributed by atoms with Crippen molar-refractivity contribution >= 4 is 0 Å². The predicted octanol–water partition coefficient (Wildman–Crippen LogP) is 2.59. The molecule has 1 nitrogen and oxygen atoms in total. The van der Waals surface area contributed by atoms with Gasteiger partial charge in [0, 0.05) is 6.04 Å². The Morgan fingerprint density at radius 3 is 2.36 bits per heavy atom. The Hall–Kier alpha value is -0.300. The molecule has 0 saturated carbocycles. The summed E-state index contributed by atoms with van der Waals surface area (Å²) >= 11 is 0. The van der Waals surface area contributed by atoms with Gasteiger partial charge in [0.25, 0.3) is 0 Å². The molecule has 0 heterocycles. The van der Waals surface area contributed by atoms with Crippen molar-refractivity contribution in [1.82, 2.24) is 5.32 Å². The van der Waals surface area contributed by atoms with E-state index >= 15 is 0 Å². The zero-order chi connectivity index (χ0) is 8.69. The monoisotopic (exact) mass is 155 g/mol. The Morgan fingerprint density at radius 2 is 2.00 bits per heavy atom. The highest BCUT2D eigenvalue weighted by Crippen LogP contribution is 2.06. The maximum Gasteiger partial charge on any atom is 0.0247 e. The van der Waals surface area contributed by atoms with Crippen molar-refractivity contribution in [2.75, 3.05) is 6.54 Å². The van der Waals surface area contributed by atoms with Crippen LogP contribution in [-0.2, 0) is 0 Å². The Balaban J connectivity index is 3.43. The standard InChI is InChI=1S/C10H21N/c1-5-10(11-6-2)8-7-9(3)4/h5,9-11H,1,6-8H2,2-4H3. The average molecular weight is 155 g/mol. The molecule has 0 spiro atoms. The minimum absolute atomic E-state index is 0.516. The third-order valence-electron chi connectivity index (χ3n) is 1.81. The van der Waals surface area contributed by atoms with Gasteiger partial charge in [-0.15, -0.1) is 6.58 Å². The van der Waals surface area contributed by atoms with E-state index in [2.05, 4.69) is 32.7 Å². The molecule has 1 atom stereocenters. The van der Waals surface area contributed by atoms with Crippen LogP contribution in [0.5, 0.6) is 0 Å². The van der Waals surface area contributed by atoms with E-state index in [-0.39, 0.29) is 0 Å². The molecule has 1 N–H and O–H groups in total. The maximum atomic E-state index is 3.80.